The molecule has 1 saturated heterocycles. The van der Waals surface area contributed by atoms with Crippen LogP contribution in [0.5, 0.6) is 5.88 Å². The number of hydrogen-bond acceptors (Lipinski definition) is 7. The third-order valence-electron chi connectivity index (χ3n) is 7.28. The Labute approximate surface area is 196 Å². The van der Waals surface area contributed by atoms with Gasteiger partial charge in [0.05, 0.1) is 7.11 Å². The maximum Gasteiger partial charge on any atom is 0.244 e. The fourth-order valence-electron chi connectivity index (χ4n) is 5.65. The lowest BCUT2D eigenvalue weighted by atomic mass is 9.92. The van der Waals surface area contributed by atoms with E-state index in [1.54, 1.807) is 19.4 Å². The van der Waals surface area contributed by atoms with Gasteiger partial charge in [-0.1, -0.05) is 0 Å². The Kier molecular flexibility index (Phi) is 5.23. The smallest absolute Gasteiger partial charge is 0.244 e. The van der Waals surface area contributed by atoms with Crippen molar-refractivity contribution in [2.75, 3.05) is 41.9 Å². The van der Waals surface area contributed by atoms with Gasteiger partial charge in [0.15, 0.2) is 11.6 Å². The van der Waals surface area contributed by atoms with E-state index in [1.165, 1.54) is 6.07 Å². The minimum absolute atomic E-state index is 0.307. The molecule has 2 unspecified atom stereocenters. The summed E-state index contributed by atoms with van der Waals surface area (Å²) in [5.41, 5.74) is 1.72. The van der Waals surface area contributed by atoms with E-state index in [0.717, 1.165) is 50.7 Å². The van der Waals surface area contributed by atoms with Crippen LogP contribution in [0, 0.1) is 23.5 Å². The van der Waals surface area contributed by atoms with Crippen LogP contribution < -0.4 is 19.9 Å². The van der Waals surface area contributed by atoms with Crippen molar-refractivity contribution in [3.8, 4) is 5.88 Å². The van der Waals surface area contributed by atoms with Gasteiger partial charge < -0.3 is 19.9 Å². The number of nitrogens with one attached hydrogen (secondary N) is 1. The summed E-state index contributed by atoms with van der Waals surface area (Å²) in [6, 6.07) is 8.29. The molecule has 2 aliphatic heterocycles. The summed E-state index contributed by atoms with van der Waals surface area (Å²) in [7, 11) is 1.64. The van der Waals surface area contributed by atoms with Crippen molar-refractivity contribution in [3.05, 3.63) is 48.2 Å². The highest BCUT2D eigenvalue weighted by Gasteiger charge is 2.43. The standard InChI is InChI=1S/C24H27F2N7O/c1-34-21-12-17(7-8-27-21)31-13-15-3-4-16(14-31)22(15)28-23-29-24-32(9-2-10-33(24)30-23)18-5-6-19(25)20(26)11-18/h5-8,11-12,15-16,22H,2-4,9-10,13-14H2,1H3,(H,28,30)/t15-,16?,22?/m0/s1. The first-order valence-corrected chi connectivity index (χ1v) is 11.8. The predicted molar refractivity (Wildman–Crippen MR) is 125 cm³/mol. The summed E-state index contributed by atoms with van der Waals surface area (Å²) in [6.45, 7) is 3.34. The van der Waals surface area contributed by atoms with E-state index in [4.69, 9.17) is 14.8 Å². The highest BCUT2D eigenvalue weighted by Crippen LogP contribution is 2.40. The number of piperidine rings is 1. The number of benzene rings is 1. The van der Waals surface area contributed by atoms with E-state index < -0.39 is 11.6 Å². The molecule has 3 aliphatic rings. The third-order valence-corrected chi connectivity index (χ3v) is 7.28. The van der Waals surface area contributed by atoms with Crippen LogP contribution >= 0.6 is 0 Å². The second-order valence-corrected chi connectivity index (χ2v) is 9.29. The normalized spacial score (nSPS) is 23.7. The summed E-state index contributed by atoms with van der Waals surface area (Å²) in [4.78, 5) is 13.3. The molecule has 4 heterocycles. The number of anilines is 4. The highest BCUT2D eigenvalue weighted by atomic mass is 19.2. The van der Waals surface area contributed by atoms with Crippen molar-refractivity contribution in [3.63, 3.8) is 0 Å². The molecule has 3 aromatic rings. The molecule has 2 bridgehead atoms. The Balaban J connectivity index is 1.20. The Morgan fingerprint density at radius 3 is 2.59 bits per heavy atom. The molecule has 2 aromatic heterocycles. The Morgan fingerprint density at radius 2 is 1.82 bits per heavy atom. The van der Waals surface area contributed by atoms with E-state index >= 15 is 0 Å². The molecule has 178 valence electrons. The van der Waals surface area contributed by atoms with Gasteiger partial charge in [-0.05, 0) is 49.3 Å². The third kappa shape index (κ3) is 3.70. The summed E-state index contributed by atoms with van der Waals surface area (Å²) < 4.78 is 34.4. The van der Waals surface area contributed by atoms with Crippen LogP contribution in [0.4, 0.5) is 32.1 Å². The monoisotopic (exact) mass is 467 g/mol. The molecule has 1 N–H and O–H groups in total. The molecule has 34 heavy (non-hydrogen) atoms. The predicted octanol–water partition coefficient (Wildman–Crippen LogP) is 3.83. The molecule has 8 nitrogen and oxygen atoms in total. The molecule has 0 radical (unpaired) electrons. The van der Waals surface area contributed by atoms with E-state index in [1.807, 2.05) is 21.7 Å². The summed E-state index contributed by atoms with van der Waals surface area (Å²) in [6.07, 6.45) is 4.97. The molecular formula is C24H27F2N7O. The molecule has 0 spiro atoms. The first-order chi connectivity index (χ1) is 16.6. The van der Waals surface area contributed by atoms with Crippen LogP contribution in [-0.2, 0) is 6.54 Å². The average Bonchev–Trinajstić information content (AvgIpc) is 3.36. The molecule has 10 heteroatoms. The number of hydrogen-bond donors (Lipinski definition) is 1. The van der Waals surface area contributed by atoms with Gasteiger partial charge in [0, 0.05) is 61.9 Å². The average molecular weight is 468 g/mol. The summed E-state index contributed by atoms with van der Waals surface area (Å²) >= 11 is 0. The fraction of sp³-hybridized carbons (Fsp3) is 0.458. The van der Waals surface area contributed by atoms with E-state index in [9.17, 15) is 8.78 Å². The second-order valence-electron chi connectivity index (χ2n) is 9.29. The summed E-state index contributed by atoms with van der Waals surface area (Å²) in [5, 5.41) is 8.32. The Bertz CT molecular complexity index is 1190. The number of rotatable bonds is 5. The van der Waals surface area contributed by atoms with Crippen LogP contribution in [0.15, 0.2) is 36.5 Å². The molecule has 1 aromatic carbocycles. The molecule has 3 atom stereocenters. The molecule has 6 rings (SSSR count). The van der Waals surface area contributed by atoms with Crippen LogP contribution in [0.2, 0.25) is 0 Å². The molecular weight excluding hydrogens is 440 g/mol. The van der Waals surface area contributed by atoms with Crippen LogP contribution in [-0.4, -0.2) is 52.5 Å². The Hall–Kier alpha value is -3.43. The van der Waals surface area contributed by atoms with Crippen molar-refractivity contribution in [2.24, 2.45) is 11.8 Å². The van der Waals surface area contributed by atoms with Crippen molar-refractivity contribution in [2.45, 2.75) is 31.8 Å². The minimum Gasteiger partial charge on any atom is -0.481 e. The SMILES string of the molecule is COc1cc(N2CC3CC[C@@H](C2)C3Nc2nc3n(n2)CCCN3c2ccc(F)c(F)c2)ccn1. The van der Waals surface area contributed by atoms with Crippen LogP contribution in [0.25, 0.3) is 0 Å². The maximum absolute atomic E-state index is 13.8. The lowest BCUT2D eigenvalue weighted by Crippen LogP contribution is -2.48. The zero-order chi connectivity index (χ0) is 23.2. The number of aromatic nitrogens is 4. The number of ether oxygens (including phenoxy) is 1. The Morgan fingerprint density at radius 1 is 1.00 bits per heavy atom. The van der Waals surface area contributed by atoms with E-state index in [-0.39, 0.29) is 0 Å². The zero-order valence-corrected chi connectivity index (χ0v) is 19.0. The van der Waals surface area contributed by atoms with Gasteiger partial charge in [0.25, 0.3) is 0 Å². The molecule has 1 aliphatic carbocycles. The van der Waals surface area contributed by atoms with Gasteiger partial charge in [-0.25, -0.2) is 18.4 Å². The highest BCUT2D eigenvalue weighted by molar-refractivity contribution is 5.59. The number of fused-ring (bicyclic) bond motifs is 3. The molecule has 1 saturated carbocycles. The first kappa shape index (κ1) is 21.1. The van der Waals surface area contributed by atoms with Crippen LogP contribution in [0.3, 0.4) is 0 Å². The number of aryl methyl sites for hydroxylation is 1. The van der Waals surface area contributed by atoms with Crippen molar-refractivity contribution in [1.29, 1.82) is 0 Å². The zero-order valence-electron chi connectivity index (χ0n) is 19.0. The first-order valence-electron chi connectivity index (χ1n) is 11.8. The fourth-order valence-corrected chi connectivity index (χ4v) is 5.65. The topological polar surface area (TPSA) is 71.3 Å². The number of nitrogens with zero attached hydrogens (tertiary/aromatic N) is 6. The van der Waals surface area contributed by atoms with Gasteiger partial charge in [-0.2, -0.15) is 4.98 Å². The lowest BCUT2D eigenvalue weighted by Gasteiger charge is -2.39. The largest absolute Gasteiger partial charge is 0.481 e. The van der Waals surface area contributed by atoms with E-state index in [2.05, 4.69) is 15.2 Å². The number of halogens is 2. The van der Waals surface area contributed by atoms with Crippen molar-refractivity contribution < 1.29 is 13.5 Å². The second kappa shape index (κ2) is 8.41. The molecule has 0 amide bonds. The van der Waals surface area contributed by atoms with Gasteiger partial charge in [-0.15, -0.1) is 5.10 Å². The minimum atomic E-state index is -0.859. The van der Waals surface area contributed by atoms with Crippen molar-refractivity contribution in [1.82, 2.24) is 19.7 Å². The lowest BCUT2D eigenvalue weighted by molar-refractivity contribution is 0.374. The van der Waals surface area contributed by atoms with Crippen molar-refractivity contribution >= 4 is 23.3 Å². The van der Waals surface area contributed by atoms with Gasteiger partial charge in [-0.3, -0.25) is 0 Å². The quantitative estimate of drug-likeness (QED) is 0.612. The number of methoxy groups -OCH3 is 1. The van der Waals surface area contributed by atoms with E-state index in [0.29, 0.717) is 47.9 Å². The summed E-state index contributed by atoms with van der Waals surface area (Å²) in [5.74, 6) is 1.16. The van der Waals surface area contributed by atoms with Gasteiger partial charge >= 0.3 is 0 Å². The maximum atomic E-state index is 13.8. The van der Waals surface area contributed by atoms with Gasteiger partial charge in [0.1, 0.15) is 0 Å². The van der Waals surface area contributed by atoms with Gasteiger partial charge in [0.2, 0.25) is 17.8 Å². The number of pyridine rings is 1. The molecule has 2 fully saturated rings. The van der Waals surface area contributed by atoms with Crippen LogP contribution in [0.1, 0.15) is 19.3 Å².